The van der Waals surface area contributed by atoms with Crippen LogP contribution in [0.3, 0.4) is 0 Å². The molecule has 0 heterocycles. The standard InChI is InChI=1S/C16H25NO3/c1-12-9-13(2)11-15(10-12)20-8-7-17(4)16(19)6-5-14(3)18/h9-11,14,18H,5-8H2,1-4H3. The van der Waals surface area contributed by atoms with Crippen LogP contribution in [-0.2, 0) is 4.79 Å². The highest BCUT2D eigenvalue weighted by Crippen LogP contribution is 2.16. The van der Waals surface area contributed by atoms with Gasteiger partial charge in [-0.3, -0.25) is 4.79 Å². The lowest BCUT2D eigenvalue weighted by atomic mass is 10.1. The number of hydrogen-bond donors (Lipinski definition) is 1. The van der Waals surface area contributed by atoms with Gasteiger partial charge in [0.1, 0.15) is 12.4 Å². The maximum atomic E-state index is 11.8. The number of aliphatic hydroxyl groups is 1. The molecule has 4 heteroatoms. The summed E-state index contributed by atoms with van der Waals surface area (Å²) < 4.78 is 5.67. The molecule has 4 nitrogen and oxygen atoms in total. The summed E-state index contributed by atoms with van der Waals surface area (Å²) >= 11 is 0. The summed E-state index contributed by atoms with van der Waals surface area (Å²) in [6.45, 7) is 6.78. The number of rotatable bonds is 7. The van der Waals surface area contributed by atoms with Gasteiger partial charge < -0.3 is 14.7 Å². The number of carbonyl (C=O) groups excluding carboxylic acids is 1. The molecule has 1 aromatic rings. The molecule has 0 aliphatic rings. The molecule has 112 valence electrons. The van der Waals surface area contributed by atoms with Crippen molar-refractivity contribution in [1.29, 1.82) is 0 Å². The van der Waals surface area contributed by atoms with E-state index in [0.717, 1.165) is 5.75 Å². The Morgan fingerprint density at radius 3 is 2.45 bits per heavy atom. The lowest BCUT2D eigenvalue weighted by Gasteiger charge is -2.18. The minimum atomic E-state index is -0.432. The maximum Gasteiger partial charge on any atom is 0.222 e. The molecule has 0 saturated heterocycles. The summed E-state index contributed by atoms with van der Waals surface area (Å²) in [6.07, 6.45) is 0.442. The van der Waals surface area contributed by atoms with Crippen molar-refractivity contribution in [2.24, 2.45) is 0 Å². The number of nitrogens with zero attached hydrogens (tertiary/aromatic N) is 1. The number of likely N-dealkylation sites (N-methyl/N-ethyl adjacent to an activating group) is 1. The van der Waals surface area contributed by atoms with Crippen molar-refractivity contribution in [1.82, 2.24) is 4.90 Å². The van der Waals surface area contributed by atoms with Gasteiger partial charge in [0.15, 0.2) is 0 Å². The van der Waals surface area contributed by atoms with Crippen molar-refractivity contribution in [3.8, 4) is 5.75 Å². The van der Waals surface area contributed by atoms with Crippen LogP contribution in [0.2, 0.25) is 0 Å². The molecular formula is C16H25NO3. The lowest BCUT2D eigenvalue weighted by molar-refractivity contribution is -0.130. The molecule has 0 radical (unpaired) electrons. The number of carbonyl (C=O) groups is 1. The minimum Gasteiger partial charge on any atom is -0.492 e. The highest BCUT2D eigenvalue weighted by molar-refractivity contribution is 5.75. The van der Waals surface area contributed by atoms with Crippen molar-refractivity contribution in [3.63, 3.8) is 0 Å². The van der Waals surface area contributed by atoms with Crippen molar-refractivity contribution in [2.45, 2.75) is 39.7 Å². The van der Waals surface area contributed by atoms with Crippen molar-refractivity contribution >= 4 is 5.91 Å². The van der Waals surface area contributed by atoms with Crippen LogP contribution in [0.25, 0.3) is 0 Å². The van der Waals surface area contributed by atoms with Crippen LogP contribution < -0.4 is 4.74 Å². The highest BCUT2D eigenvalue weighted by Gasteiger charge is 2.10. The first kappa shape index (κ1) is 16.5. The third kappa shape index (κ3) is 6.06. The molecular weight excluding hydrogens is 254 g/mol. The van der Waals surface area contributed by atoms with Crippen molar-refractivity contribution in [3.05, 3.63) is 29.3 Å². The first-order chi connectivity index (χ1) is 9.38. The number of ether oxygens (including phenoxy) is 1. The Morgan fingerprint density at radius 2 is 1.90 bits per heavy atom. The SMILES string of the molecule is Cc1cc(C)cc(OCCN(C)C(=O)CCC(C)O)c1. The number of hydrogen-bond acceptors (Lipinski definition) is 3. The van der Waals surface area contributed by atoms with E-state index in [2.05, 4.69) is 6.07 Å². The second kappa shape index (κ2) is 7.90. The number of amides is 1. The molecule has 0 aliphatic carbocycles. The normalized spacial score (nSPS) is 12.1. The highest BCUT2D eigenvalue weighted by atomic mass is 16.5. The molecule has 1 aromatic carbocycles. The fraction of sp³-hybridized carbons (Fsp3) is 0.562. The molecule has 1 rings (SSSR count). The molecule has 0 saturated carbocycles. The van der Waals surface area contributed by atoms with Crippen LogP contribution in [-0.4, -0.2) is 42.2 Å². The predicted octanol–water partition coefficient (Wildman–Crippen LogP) is 2.30. The minimum absolute atomic E-state index is 0.0370. The molecule has 0 aromatic heterocycles. The zero-order chi connectivity index (χ0) is 15.1. The Hall–Kier alpha value is -1.55. The number of benzene rings is 1. The van der Waals surface area contributed by atoms with E-state index in [1.807, 2.05) is 26.0 Å². The van der Waals surface area contributed by atoms with E-state index in [1.165, 1.54) is 11.1 Å². The Kier molecular flexibility index (Phi) is 6.52. The van der Waals surface area contributed by atoms with Gasteiger partial charge in [0, 0.05) is 13.5 Å². The second-order valence-electron chi connectivity index (χ2n) is 5.37. The number of aryl methyl sites for hydroxylation is 2. The van der Waals surface area contributed by atoms with Gasteiger partial charge in [-0.15, -0.1) is 0 Å². The fourth-order valence-electron chi connectivity index (χ4n) is 1.96. The quantitative estimate of drug-likeness (QED) is 0.833. The third-order valence-corrected chi connectivity index (χ3v) is 3.09. The van der Waals surface area contributed by atoms with Gasteiger partial charge in [0.05, 0.1) is 12.6 Å². The first-order valence-corrected chi connectivity index (χ1v) is 7.01. The smallest absolute Gasteiger partial charge is 0.222 e. The average molecular weight is 279 g/mol. The zero-order valence-corrected chi connectivity index (χ0v) is 12.8. The van der Waals surface area contributed by atoms with E-state index in [0.29, 0.717) is 26.0 Å². The molecule has 20 heavy (non-hydrogen) atoms. The second-order valence-corrected chi connectivity index (χ2v) is 5.37. The Bertz CT molecular complexity index is 423. The van der Waals surface area contributed by atoms with E-state index in [1.54, 1.807) is 18.9 Å². The van der Waals surface area contributed by atoms with E-state index >= 15 is 0 Å². The van der Waals surface area contributed by atoms with Crippen molar-refractivity contribution < 1.29 is 14.6 Å². The summed E-state index contributed by atoms with van der Waals surface area (Å²) in [7, 11) is 1.76. The molecule has 0 fully saturated rings. The summed E-state index contributed by atoms with van der Waals surface area (Å²) in [5.41, 5.74) is 2.34. The average Bonchev–Trinajstić information content (AvgIpc) is 2.34. The van der Waals surface area contributed by atoms with Crippen LogP contribution in [0.5, 0.6) is 5.75 Å². The lowest BCUT2D eigenvalue weighted by Crippen LogP contribution is -2.31. The first-order valence-electron chi connectivity index (χ1n) is 7.01. The molecule has 1 N–H and O–H groups in total. The van der Waals surface area contributed by atoms with Gasteiger partial charge >= 0.3 is 0 Å². The molecule has 1 unspecified atom stereocenters. The largest absolute Gasteiger partial charge is 0.492 e. The Labute approximate surface area is 121 Å². The van der Waals surface area contributed by atoms with Gasteiger partial charge in [-0.05, 0) is 50.5 Å². The zero-order valence-electron chi connectivity index (χ0n) is 12.8. The topological polar surface area (TPSA) is 49.8 Å². The van der Waals surface area contributed by atoms with Gasteiger partial charge in [-0.2, -0.15) is 0 Å². The van der Waals surface area contributed by atoms with Gasteiger partial charge in [-0.25, -0.2) is 0 Å². The summed E-state index contributed by atoms with van der Waals surface area (Å²) in [6, 6.07) is 6.07. The van der Waals surface area contributed by atoms with Crippen LogP contribution in [0.1, 0.15) is 30.9 Å². The monoisotopic (exact) mass is 279 g/mol. The number of aliphatic hydroxyl groups excluding tert-OH is 1. The predicted molar refractivity (Wildman–Crippen MR) is 80.0 cm³/mol. The van der Waals surface area contributed by atoms with Gasteiger partial charge in [0.2, 0.25) is 5.91 Å². The van der Waals surface area contributed by atoms with E-state index < -0.39 is 6.10 Å². The third-order valence-electron chi connectivity index (χ3n) is 3.09. The molecule has 1 atom stereocenters. The molecule has 0 spiro atoms. The van der Waals surface area contributed by atoms with Gasteiger partial charge in [-0.1, -0.05) is 6.07 Å². The Morgan fingerprint density at radius 1 is 1.30 bits per heavy atom. The van der Waals surface area contributed by atoms with Gasteiger partial charge in [0.25, 0.3) is 0 Å². The maximum absolute atomic E-state index is 11.8. The van der Waals surface area contributed by atoms with E-state index in [9.17, 15) is 4.79 Å². The van der Waals surface area contributed by atoms with Crippen molar-refractivity contribution in [2.75, 3.05) is 20.2 Å². The van der Waals surface area contributed by atoms with Crippen LogP contribution in [0.4, 0.5) is 0 Å². The molecule has 0 aliphatic heterocycles. The summed E-state index contributed by atoms with van der Waals surface area (Å²) in [5, 5.41) is 9.16. The van der Waals surface area contributed by atoms with E-state index in [-0.39, 0.29) is 5.91 Å². The summed E-state index contributed by atoms with van der Waals surface area (Å²) in [5.74, 6) is 0.877. The molecule has 0 bridgehead atoms. The molecule has 1 amide bonds. The van der Waals surface area contributed by atoms with E-state index in [4.69, 9.17) is 9.84 Å². The van der Waals surface area contributed by atoms with Crippen LogP contribution in [0.15, 0.2) is 18.2 Å². The van der Waals surface area contributed by atoms with Crippen LogP contribution in [0, 0.1) is 13.8 Å². The van der Waals surface area contributed by atoms with Crippen LogP contribution >= 0.6 is 0 Å². The fourth-order valence-corrected chi connectivity index (χ4v) is 1.96. The Balaban J connectivity index is 2.34. The summed E-state index contributed by atoms with van der Waals surface area (Å²) in [4.78, 5) is 13.4.